The van der Waals surface area contributed by atoms with Gasteiger partial charge in [0.2, 0.25) is 5.95 Å². The average molecular weight is 396 g/mol. The quantitative estimate of drug-likeness (QED) is 0.525. The number of hydrogen-bond donors (Lipinski definition) is 1. The molecular formula is C21H18F2N4O2. The van der Waals surface area contributed by atoms with Crippen molar-refractivity contribution in [2.45, 2.75) is 18.8 Å². The third-order valence-electron chi connectivity index (χ3n) is 5.59. The Balaban J connectivity index is 1.80. The highest BCUT2D eigenvalue weighted by Crippen LogP contribution is 2.35. The fraction of sp³-hybridized carbons (Fsp3) is 0.286. The minimum atomic E-state index is -0.632. The van der Waals surface area contributed by atoms with Crippen molar-refractivity contribution in [3.8, 4) is 11.1 Å². The zero-order valence-electron chi connectivity index (χ0n) is 15.7. The van der Waals surface area contributed by atoms with E-state index in [9.17, 15) is 13.6 Å². The van der Waals surface area contributed by atoms with Crippen LogP contribution in [0.3, 0.4) is 0 Å². The van der Waals surface area contributed by atoms with Gasteiger partial charge in [-0.2, -0.15) is 4.39 Å². The van der Waals surface area contributed by atoms with Crippen LogP contribution in [-0.2, 0) is 11.8 Å². The van der Waals surface area contributed by atoms with E-state index in [1.54, 1.807) is 17.7 Å². The van der Waals surface area contributed by atoms with Crippen molar-refractivity contribution in [1.29, 1.82) is 0 Å². The van der Waals surface area contributed by atoms with E-state index in [0.29, 0.717) is 35.2 Å². The monoisotopic (exact) mass is 396 g/mol. The summed E-state index contributed by atoms with van der Waals surface area (Å²) in [6.45, 7) is 1.27. The summed E-state index contributed by atoms with van der Waals surface area (Å²) < 4.78 is 35.1. The van der Waals surface area contributed by atoms with E-state index in [1.807, 2.05) is 0 Å². The molecule has 1 N–H and O–H groups in total. The van der Waals surface area contributed by atoms with E-state index in [0.717, 1.165) is 24.1 Å². The molecule has 1 fully saturated rings. The Morgan fingerprint density at radius 2 is 2.00 bits per heavy atom. The molecule has 0 atom stereocenters. The van der Waals surface area contributed by atoms with Gasteiger partial charge in [-0.3, -0.25) is 9.55 Å². The summed E-state index contributed by atoms with van der Waals surface area (Å²) in [5, 5.41) is 0.634. The van der Waals surface area contributed by atoms with E-state index >= 15 is 0 Å². The highest BCUT2D eigenvalue weighted by molar-refractivity contribution is 6.05. The van der Waals surface area contributed by atoms with E-state index in [1.165, 1.54) is 24.4 Å². The zero-order valence-corrected chi connectivity index (χ0v) is 15.7. The van der Waals surface area contributed by atoms with Gasteiger partial charge in [0, 0.05) is 55.0 Å². The lowest BCUT2D eigenvalue weighted by Gasteiger charge is -2.23. The molecule has 6 nitrogen and oxygen atoms in total. The highest BCUT2D eigenvalue weighted by atomic mass is 19.1. The Morgan fingerprint density at radius 3 is 2.72 bits per heavy atom. The van der Waals surface area contributed by atoms with Gasteiger partial charge in [-0.15, -0.1) is 0 Å². The van der Waals surface area contributed by atoms with Crippen LogP contribution in [0, 0.1) is 11.8 Å². The van der Waals surface area contributed by atoms with Crippen molar-refractivity contribution in [2.24, 2.45) is 7.05 Å². The molecule has 0 saturated carbocycles. The lowest BCUT2D eigenvalue weighted by molar-refractivity contribution is 0.0848. The van der Waals surface area contributed by atoms with E-state index in [-0.39, 0.29) is 17.2 Å². The van der Waals surface area contributed by atoms with Crippen LogP contribution in [-0.4, -0.2) is 32.7 Å². The molecule has 0 unspecified atom stereocenters. The number of aryl methyl sites for hydroxylation is 1. The highest BCUT2D eigenvalue weighted by Gasteiger charge is 2.24. The molecule has 8 heteroatoms. The molecule has 0 amide bonds. The van der Waals surface area contributed by atoms with Gasteiger partial charge in [0.15, 0.2) is 0 Å². The molecule has 0 bridgehead atoms. The molecule has 148 valence electrons. The Hall–Kier alpha value is -3.13. The van der Waals surface area contributed by atoms with Crippen molar-refractivity contribution in [2.75, 3.05) is 13.2 Å². The molecule has 4 heterocycles. The second kappa shape index (κ2) is 6.73. The van der Waals surface area contributed by atoms with Crippen LogP contribution < -0.4 is 5.69 Å². The van der Waals surface area contributed by atoms with Gasteiger partial charge in [-0.05, 0) is 31.0 Å². The van der Waals surface area contributed by atoms with Crippen molar-refractivity contribution < 1.29 is 13.5 Å². The van der Waals surface area contributed by atoms with Gasteiger partial charge in [0.1, 0.15) is 5.82 Å². The maximum Gasteiger partial charge on any atom is 0.326 e. The van der Waals surface area contributed by atoms with Crippen LogP contribution in [0.1, 0.15) is 24.5 Å². The molecule has 1 saturated heterocycles. The summed E-state index contributed by atoms with van der Waals surface area (Å²) in [7, 11) is 1.70. The standard InChI is InChI=1S/C21H18F2N4O2/c1-27-20-18(11-4-6-29-7-5-11)25-16-9-15(22)13(12-2-3-17(23)24-10-12)8-14(16)19(20)26-21(27)28/h2-3,8-11H,4-7H2,1H3,(H,26,28). The number of imidazole rings is 1. The van der Waals surface area contributed by atoms with Gasteiger partial charge >= 0.3 is 5.69 Å². The molecule has 0 radical (unpaired) electrons. The first-order valence-corrected chi connectivity index (χ1v) is 9.44. The molecule has 3 aromatic heterocycles. The normalized spacial score (nSPS) is 15.4. The van der Waals surface area contributed by atoms with Crippen molar-refractivity contribution in [3.05, 3.63) is 58.4 Å². The molecule has 0 aliphatic carbocycles. The minimum absolute atomic E-state index is 0.140. The fourth-order valence-corrected chi connectivity index (χ4v) is 4.06. The van der Waals surface area contributed by atoms with Gasteiger partial charge < -0.3 is 9.72 Å². The number of halogens is 2. The summed E-state index contributed by atoms with van der Waals surface area (Å²) in [6, 6.07) is 5.66. The maximum atomic E-state index is 14.9. The van der Waals surface area contributed by atoms with Crippen molar-refractivity contribution >= 4 is 21.9 Å². The summed E-state index contributed by atoms with van der Waals surface area (Å²) in [6.07, 6.45) is 2.89. The van der Waals surface area contributed by atoms with E-state index in [2.05, 4.69) is 9.97 Å². The van der Waals surface area contributed by atoms with Crippen molar-refractivity contribution in [3.63, 3.8) is 0 Å². The predicted octanol–water partition coefficient (Wildman–Crippen LogP) is 3.65. The van der Waals surface area contributed by atoms with Crippen LogP contribution in [0.4, 0.5) is 8.78 Å². The topological polar surface area (TPSA) is 72.8 Å². The zero-order chi connectivity index (χ0) is 20.1. The van der Waals surface area contributed by atoms with Crippen LogP contribution in [0.15, 0.2) is 35.3 Å². The molecular weight excluding hydrogens is 378 g/mol. The molecule has 1 aliphatic rings. The number of hydrogen-bond acceptors (Lipinski definition) is 4. The first-order valence-electron chi connectivity index (χ1n) is 9.44. The molecule has 4 aromatic rings. The minimum Gasteiger partial charge on any atom is -0.381 e. The third-order valence-corrected chi connectivity index (χ3v) is 5.59. The summed E-state index contributed by atoms with van der Waals surface area (Å²) in [5.41, 5.74) is 3.08. The average Bonchev–Trinajstić information content (AvgIpc) is 3.03. The van der Waals surface area contributed by atoms with Gasteiger partial charge in [0.05, 0.1) is 22.2 Å². The lowest BCUT2D eigenvalue weighted by Crippen LogP contribution is -2.17. The smallest absolute Gasteiger partial charge is 0.326 e. The van der Waals surface area contributed by atoms with Crippen molar-refractivity contribution in [1.82, 2.24) is 19.5 Å². The first kappa shape index (κ1) is 17.9. The number of benzene rings is 1. The van der Waals surface area contributed by atoms with Crippen LogP contribution in [0.25, 0.3) is 33.1 Å². The number of fused-ring (bicyclic) bond motifs is 3. The van der Waals surface area contributed by atoms with Crippen LogP contribution >= 0.6 is 0 Å². The number of rotatable bonds is 2. The number of nitrogens with zero attached hydrogens (tertiary/aromatic N) is 3. The number of nitrogens with one attached hydrogen (secondary N) is 1. The fourth-order valence-electron chi connectivity index (χ4n) is 4.06. The largest absolute Gasteiger partial charge is 0.381 e. The molecule has 1 aromatic carbocycles. The Labute approximate surface area is 164 Å². The van der Waals surface area contributed by atoms with Gasteiger partial charge in [-0.25, -0.2) is 14.2 Å². The Bertz CT molecular complexity index is 1290. The third kappa shape index (κ3) is 2.91. The molecule has 29 heavy (non-hydrogen) atoms. The van der Waals surface area contributed by atoms with E-state index in [4.69, 9.17) is 9.72 Å². The van der Waals surface area contributed by atoms with Gasteiger partial charge in [-0.1, -0.05) is 0 Å². The number of ether oxygens (including phenoxy) is 1. The summed E-state index contributed by atoms with van der Waals surface area (Å²) in [4.78, 5) is 23.7. The number of aromatic nitrogens is 4. The molecule has 1 aliphatic heterocycles. The van der Waals surface area contributed by atoms with Gasteiger partial charge in [0.25, 0.3) is 0 Å². The van der Waals surface area contributed by atoms with E-state index < -0.39 is 11.8 Å². The summed E-state index contributed by atoms with van der Waals surface area (Å²) in [5.74, 6) is -0.970. The second-order valence-electron chi connectivity index (χ2n) is 7.32. The first-order chi connectivity index (χ1) is 14.0. The van der Waals surface area contributed by atoms with Crippen LogP contribution in [0.2, 0.25) is 0 Å². The Morgan fingerprint density at radius 1 is 1.21 bits per heavy atom. The Kier molecular flexibility index (Phi) is 4.16. The molecule has 5 rings (SSSR count). The number of aromatic amines is 1. The number of H-pyrrole nitrogens is 1. The maximum absolute atomic E-state index is 14.9. The number of pyridine rings is 2. The predicted molar refractivity (Wildman–Crippen MR) is 105 cm³/mol. The second-order valence-corrected chi connectivity index (χ2v) is 7.32. The SMILES string of the molecule is Cn1c(=O)[nH]c2c3cc(-c4ccc(F)nc4)c(F)cc3nc(C3CCOCC3)c21. The lowest BCUT2D eigenvalue weighted by atomic mass is 9.93. The summed E-state index contributed by atoms with van der Waals surface area (Å²) >= 11 is 0. The van der Waals surface area contributed by atoms with Crippen LogP contribution in [0.5, 0.6) is 0 Å². The molecule has 0 spiro atoms.